The Morgan fingerprint density at radius 2 is 2.29 bits per heavy atom. The lowest BCUT2D eigenvalue weighted by Crippen LogP contribution is -2.39. The SMILES string of the molecule is CCOCCN1CCCNC(C)CC1. The molecule has 14 heavy (non-hydrogen) atoms. The molecule has 0 spiro atoms. The van der Waals surface area contributed by atoms with Crippen molar-refractivity contribution in [1.82, 2.24) is 10.2 Å². The molecule has 3 nitrogen and oxygen atoms in total. The van der Waals surface area contributed by atoms with Crippen LogP contribution in [0.4, 0.5) is 0 Å². The van der Waals surface area contributed by atoms with Gasteiger partial charge in [0, 0.05) is 19.2 Å². The fraction of sp³-hybridized carbons (Fsp3) is 1.00. The number of nitrogens with zero attached hydrogens (tertiary/aromatic N) is 1. The maximum absolute atomic E-state index is 5.38. The van der Waals surface area contributed by atoms with E-state index in [-0.39, 0.29) is 0 Å². The van der Waals surface area contributed by atoms with Crippen molar-refractivity contribution in [3.8, 4) is 0 Å². The molecule has 1 N–H and O–H groups in total. The van der Waals surface area contributed by atoms with Crippen LogP contribution in [0.5, 0.6) is 0 Å². The first-order chi connectivity index (χ1) is 6.83. The van der Waals surface area contributed by atoms with Gasteiger partial charge in [0.05, 0.1) is 6.61 Å². The van der Waals surface area contributed by atoms with Gasteiger partial charge in [0.1, 0.15) is 0 Å². The van der Waals surface area contributed by atoms with E-state index in [9.17, 15) is 0 Å². The molecule has 0 aromatic carbocycles. The Morgan fingerprint density at radius 1 is 1.43 bits per heavy atom. The Balaban J connectivity index is 2.15. The molecule has 0 aliphatic carbocycles. The second-order valence-electron chi connectivity index (χ2n) is 4.04. The van der Waals surface area contributed by atoms with Crippen molar-refractivity contribution in [2.75, 3.05) is 39.4 Å². The summed E-state index contributed by atoms with van der Waals surface area (Å²) in [4.78, 5) is 2.52. The number of nitrogens with one attached hydrogen (secondary N) is 1. The zero-order valence-corrected chi connectivity index (χ0v) is 9.59. The van der Waals surface area contributed by atoms with E-state index in [0.29, 0.717) is 6.04 Å². The molecule has 0 bridgehead atoms. The molecule has 1 heterocycles. The monoisotopic (exact) mass is 200 g/mol. The molecule has 0 amide bonds. The van der Waals surface area contributed by atoms with Gasteiger partial charge in [-0.05, 0) is 46.3 Å². The summed E-state index contributed by atoms with van der Waals surface area (Å²) in [5.74, 6) is 0. The lowest BCUT2D eigenvalue weighted by molar-refractivity contribution is 0.108. The lowest BCUT2D eigenvalue weighted by atomic mass is 10.2. The normalized spacial score (nSPS) is 25.7. The summed E-state index contributed by atoms with van der Waals surface area (Å²) in [5.41, 5.74) is 0. The zero-order chi connectivity index (χ0) is 10.2. The molecule has 0 radical (unpaired) electrons. The van der Waals surface area contributed by atoms with E-state index in [0.717, 1.165) is 26.3 Å². The van der Waals surface area contributed by atoms with Crippen LogP contribution < -0.4 is 5.32 Å². The highest BCUT2D eigenvalue weighted by Gasteiger charge is 2.10. The predicted molar refractivity (Wildman–Crippen MR) is 59.6 cm³/mol. The van der Waals surface area contributed by atoms with Crippen LogP contribution in [0.25, 0.3) is 0 Å². The molecule has 1 unspecified atom stereocenters. The largest absolute Gasteiger partial charge is 0.380 e. The molecular weight excluding hydrogens is 176 g/mol. The maximum atomic E-state index is 5.38. The lowest BCUT2D eigenvalue weighted by Gasteiger charge is -2.27. The van der Waals surface area contributed by atoms with E-state index < -0.39 is 0 Å². The van der Waals surface area contributed by atoms with Gasteiger partial charge in [-0.3, -0.25) is 0 Å². The van der Waals surface area contributed by atoms with Crippen LogP contribution >= 0.6 is 0 Å². The molecule has 1 atom stereocenters. The van der Waals surface area contributed by atoms with Crippen LogP contribution in [0.1, 0.15) is 26.7 Å². The number of rotatable bonds is 4. The van der Waals surface area contributed by atoms with Crippen LogP contribution in [-0.2, 0) is 4.74 Å². The first-order valence-corrected chi connectivity index (χ1v) is 5.86. The summed E-state index contributed by atoms with van der Waals surface area (Å²) in [6, 6.07) is 0.671. The minimum Gasteiger partial charge on any atom is -0.380 e. The first kappa shape index (κ1) is 12.0. The quantitative estimate of drug-likeness (QED) is 0.688. The minimum absolute atomic E-state index is 0.671. The van der Waals surface area contributed by atoms with Crippen molar-refractivity contribution in [2.45, 2.75) is 32.7 Å². The van der Waals surface area contributed by atoms with Crippen LogP contribution in [0.3, 0.4) is 0 Å². The standard InChI is InChI=1S/C11H24N2O/c1-3-14-10-9-13-7-4-6-12-11(2)5-8-13/h11-12H,3-10H2,1-2H3. The van der Waals surface area contributed by atoms with Crippen molar-refractivity contribution in [2.24, 2.45) is 0 Å². The summed E-state index contributed by atoms with van der Waals surface area (Å²) < 4.78 is 5.38. The average molecular weight is 200 g/mol. The fourth-order valence-corrected chi connectivity index (χ4v) is 1.80. The van der Waals surface area contributed by atoms with Gasteiger partial charge in [0.15, 0.2) is 0 Å². The highest BCUT2D eigenvalue weighted by Crippen LogP contribution is 2.01. The van der Waals surface area contributed by atoms with Gasteiger partial charge in [0.25, 0.3) is 0 Å². The smallest absolute Gasteiger partial charge is 0.0593 e. The first-order valence-electron chi connectivity index (χ1n) is 5.86. The Morgan fingerprint density at radius 3 is 3.07 bits per heavy atom. The highest BCUT2D eigenvalue weighted by atomic mass is 16.5. The van der Waals surface area contributed by atoms with E-state index in [1.54, 1.807) is 0 Å². The predicted octanol–water partition coefficient (Wildman–Crippen LogP) is 1.10. The number of hydrogen-bond donors (Lipinski definition) is 1. The van der Waals surface area contributed by atoms with Gasteiger partial charge >= 0.3 is 0 Å². The van der Waals surface area contributed by atoms with Crippen LogP contribution in [0.15, 0.2) is 0 Å². The molecular formula is C11H24N2O. The van der Waals surface area contributed by atoms with Gasteiger partial charge in [-0.15, -0.1) is 0 Å². The number of ether oxygens (including phenoxy) is 1. The van der Waals surface area contributed by atoms with Crippen molar-refractivity contribution < 1.29 is 4.74 Å². The summed E-state index contributed by atoms with van der Waals surface area (Å²) in [6.07, 6.45) is 2.52. The molecule has 3 heteroatoms. The summed E-state index contributed by atoms with van der Waals surface area (Å²) in [6.45, 7) is 10.7. The van der Waals surface area contributed by atoms with Crippen LogP contribution in [0.2, 0.25) is 0 Å². The van der Waals surface area contributed by atoms with Gasteiger partial charge in [-0.2, -0.15) is 0 Å². The second-order valence-corrected chi connectivity index (χ2v) is 4.04. The van der Waals surface area contributed by atoms with Crippen LogP contribution in [-0.4, -0.2) is 50.3 Å². The van der Waals surface area contributed by atoms with E-state index in [2.05, 4.69) is 24.1 Å². The third-order valence-electron chi connectivity index (χ3n) is 2.78. The third-order valence-corrected chi connectivity index (χ3v) is 2.78. The number of hydrogen-bond acceptors (Lipinski definition) is 3. The summed E-state index contributed by atoms with van der Waals surface area (Å²) >= 11 is 0. The van der Waals surface area contributed by atoms with Gasteiger partial charge in [-0.1, -0.05) is 0 Å². The Labute approximate surface area is 87.8 Å². The third kappa shape index (κ3) is 4.94. The molecule has 0 aromatic rings. The van der Waals surface area contributed by atoms with Crippen molar-refractivity contribution in [3.05, 3.63) is 0 Å². The second kappa shape index (κ2) is 7.21. The van der Waals surface area contributed by atoms with Crippen molar-refractivity contribution in [3.63, 3.8) is 0 Å². The van der Waals surface area contributed by atoms with E-state index in [1.165, 1.54) is 25.9 Å². The van der Waals surface area contributed by atoms with Gasteiger partial charge in [-0.25, -0.2) is 0 Å². The van der Waals surface area contributed by atoms with E-state index >= 15 is 0 Å². The van der Waals surface area contributed by atoms with Gasteiger partial charge in [0.2, 0.25) is 0 Å². The summed E-state index contributed by atoms with van der Waals surface area (Å²) in [7, 11) is 0. The molecule has 84 valence electrons. The molecule has 1 saturated heterocycles. The van der Waals surface area contributed by atoms with Gasteiger partial charge < -0.3 is 15.0 Å². The van der Waals surface area contributed by atoms with Crippen LogP contribution in [0, 0.1) is 0 Å². The Hall–Kier alpha value is -0.120. The topological polar surface area (TPSA) is 24.5 Å². The summed E-state index contributed by atoms with van der Waals surface area (Å²) in [5, 5.41) is 3.51. The molecule has 1 rings (SSSR count). The molecule has 1 fully saturated rings. The Bertz CT molecular complexity index is 141. The van der Waals surface area contributed by atoms with Crippen molar-refractivity contribution in [1.29, 1.82) is 0 Å². The average Bonchev–Trinajstić information content (AvgIpc) is 2.16. The Kier molecular flexibility index (Phi) is 6.15. The molecule has 0 saturated carbocycles. The maximum Gasteiger partial charge on any atom is 0.0593 e. The highest BCUT2D eigenvalue weighted by molar-refractivity contribution is 4.69. The zero-order valence-electron chi connectivity index (χ0n) is 9.59. The van der Waals surface area contributed by atoms with Crippen molar-refractivity contribution >= 4 is 0 Å². The molecule has 0 aromatic heterocycles. The van der Waals surface area contributed by atoms with E-state index in [4.69, 9.17) is 4.74 Å². The fourth-order valence-electron chi connectivity index (χ4n) is 1.80. The molecule has 1 aliphatic heterocycles. The molecule has 1 aliphatic rings. The minimum atomic E-state index is 0.671. The van der Waals surface area contributed by atoms with E-state index in [1.807, 2.05) is 0 Å².